The molecule has 17 heavy (non-hydrogen) atoms. The first kappa shape index (κ1) is 12.8. The van der Waals surface area contributed by atoms with Gasteiger partial charge in [-0.3, -0.25) is 4.79 Å². The third kappa shape index (κ3) is 2.80. The highest BCUT2D eigenvalue weighted by Gasteiger charge is 2.37. The Balaban J connectivity index is 1.99. The average molecular weight is 240 g/mol. The van der Waals surface area contributed by atoms with Crippen molar-refractivity contribution in [2.75, 3.05) is 33.4 Å². The number of piperidine rings is 1. The zero-order valence-corrected chi connectivity index (χ0v) is 11.1. The lowest BCUT2D eigenvalue weighted by Gasteiger charge is -2.37. The van der Waals surface area contributed by atoms with Gasteiger partial charge in [0, 0.05) is 19.1 Å². The molecule has 0 spiro atoms. The summed E-state index contributed by atoms with van der Waals surface area (Å²) in [6.45, 7) is 7.52. The van der Waals surface area contributed by atoms with Gasteiger partial charge < -0.3 is 15.0 Å². The number of amides is 1. The lowest BCUT2D eigenvalue weighted by molar-refractivity contribution is -0.138. The smallest absolute Gasteiger partial charge is 0.229 e. The second-order valence-corrected chi connectivity index (χ2v) is 5.73. The molecule has 0 aromatic heterocycles. The SMILES string of the molecule is CNC1COCC1C(=O)N1CC(C)CC(C)C1. The molecule has 2 rings (SSSR count). The Morgan fingerprint density at radius 2 is 1.88 bits per heavy atom. The second kappa shape index (κ2) is 5.36. The highest BCUT2D eigenvalue weighted by molar-refractivity contribution is 5.80. The summed E-state index contributed by atoms with van der Waals surface area (Å²) < 4.78 is 5.42. The molecule has 2 fully saturated rings. The van der Waals surface area contributed by atoms with Crippen molar-refractivity contribution in [3.63, 3.8) is 0 Å². The molecule has 2 heterocycles. The number of likely N-dealkylation sites (tertiary alicyclic amines) is 1. The van der Waals surface area contributed by atoms with E-state index in [9.17, 15) is 4.79 Å². The molecule has 98 valence electrons. The lowest BCUT2D eigenvalue weighted by atomic mass is 9.90. The molecule has 2 saturated heterocycles. The Labute approximate surface area is 104 Å². The van der Waals surface area contributed by atoms with E-state index >= 15 is 0 Å². The Hall–Kier alpha value is -0.610. The summed E-state index contributed by atoms with van der Waals surface area (Å²) in [5.41, 5.74) is 0. The number of likely N-dealkylation sites (N-methyl/N-ethyl adjacent to an activating group) is 1. The van der Waals surface area contributed by atoms with Gasteiger partial charge in [-0.25, -0.2) is 0 Å². The van der Waals surface area contributed by atoms with E-state index in [0.717, 1.165) is 13.1 Å². The molecule has 0 saturated carbocycles. The molecular formula is C13H24N2O2. The summed E-state index contributed by atoms with van der Waals surface area (Å²) >= 11 is 0. The Morgan fingerprint density at radius 3 is 2.47 bits per heavy atom. The van der Waals surface area contributed by atoms with Crippen LogP contribution in [0.15, 0.2) is 0 Å². The molecule has 2 aliphatic heterocycles. The van der Waals surface area contributed by atoms with E-state index in [-0.39, 0.29) is 17.9 Å². The normalized spacial score (nSPS) is 38.4. The van der Waals surface area contributed by atoms with Crippen molar-refractivity contribution >= 4 is 5.91 Å². The van der Waals surface area contributed by atoms with Crippen molar-refractivity contribution in [1.29, 1.82) is 0 Å². The van der Waals surface area contributed by atoms with Gasteiger partial charge in [-0.2, -0.15) is 0 Å². The molecule has 4 atom stereocenters. The van der Waals surface area contributed by atoms with Crippen LogP contribution in [0.4, 0.5) is 0 Å². The van der Waals surface area contributed by atoms with Crippen LogP contribution in [0.2, 0.25) is 0 Å². The van der Waals surface area contributed by atoms with Crippen molar-refractivity contribution in [3.8, 4) is 0 Å². The van der Waals surface area contributed by atoms with Crippen LogP contribution in [-0.4, -0.2) is 50.2 Å². The van der Waals surface area contributed by atoms with Crippen LogP contribution >= 0.6 is 0 Å². The zero-order chi connectivity index (χ0) is 12.4. The predicted molar refractivity (Wildman–Crippen MR) is 66.7 cm³/mol. The molecular weight excluding hydrogens is 216 g/mol. The Kier molecular flexibility index (Phi) is 4.05. The van der Waals surface area contributed by atoms with Crippen LogP contribution in [0, 0.1) is 17.8 Å². The van der Waals surface area contributed by atoms with E-state index in [2.05, 4.69) is 19.2 Å². The fraction of sp³-hybridized carbons (Fsp3) is 0.923. The molecule has 1 N–H and O–H groups in total. The summed E-state index contributed by atoms with van der Waals surface area (Å²) in [6, 6.07) is 0.190. The molecule has 0 radical (unpaired) electrons. The fourth-order valence-corrected chi connectivity index (χ4v) is 3.16. The number of carbonyl (C=O) groups excluding carboxylic acids is 1. The summed E-state index contributed by atoms with van der Waals surface area (Å²) in [7, 11) is 1.90. The topological polar surface area (TPSA) is 41.6 Å². The highest BCUT2D eigenvalue weighted by atomic mass is 16.5. The lowest BCUT2D eigenvalue weighted by Crippen LogP contribution is -2.49. The monoisotopic (exact) mass is 240 g/mol. The van der Waals surface area contributed by atoms with Gasteiger partial charge in [0.25, 0.3) is 0 Å². The number of carbonyl (C=O) groups is 1. The number of rotatable bonds is 2. The van der Waals surface area contributed by atoms with Crippen molar-refractivity contribution in [2.45, 2.75) is 26.3 Å². The third-order valence-corrected chi connectivity index (χ3v) is 3.95. The van der Waals surface area contributed by atoms with Crippen molar-refractivity contribution in [1.82, 2.24) is 10.2 Å². The van der Waals surface area contributed by atoms with Gasteiger partial charge >= 0.3 is 0 Å². The summed E-state index contributed by atoms with van der Waals surface area (Å²) in [6.07, 6.45) is 1.24. The third-order valence-electron chi connectivity index (χ3n) is 3.95. The van der Waals surface area contributed by atoms with Gasteiger partial charge in [-0.15, -0.1) is 0 Å². The van der Waals surface area contributed by atoms with E-state index < -0.39 is 0 Å². The highest BCUT2D eigenvalue weighted by Crippen LogP contribution is 2.24. The first-order chi connectivity index (χ1) is 8.11. The van der Waals surface area contributed by atoms with Crippen molar-refractivity contribution < 1.29 is 9.53 Å². The number of ether oxygens (including phenoxy) is 1. The van der Waals surface area contributed by atoms with Crippen LogP contribution in [0.5, 0.6) is 0 Å². The van der Waals surface area contributed by atoms with Gasteiger partial charge in [0.15, 0.2) is 0 Å². The van der Waals surface area contributed by atoms with Gasteiger partial charge in [-0.1, -0.05) is 13.8 Å². The van der Waals surface area contributed by atoms with E-state index in [0.29, 0.717) is 25.0 Å². The molecule has 1 amide bonds. The van der Waals surface area contributed by atoms with E-state index in [1.54, 1.807) is 0 Å². The predicted octanol–water partition coefficient (Wildman–Crippen LogP) is 0.725. The summed E-state index contributed by atoms with van der Waals surface area (Å²) in [4.78, 5) is 14.5. The van der Waals surface area contributed by atoms with Crippen LogP contribution in [0.3, 0.4) is 0 Å². The molecule has 2 aliphatic rings. The minimum atomic E-state index is 0.0116. The first-order valence-corrected chi connectivity index (χ1v) is 6.65. The molecule has 4 unspecified atom stereocenters. The van der Waals surface area contributed by atoms with E-state index in [1.807, 2.05) is 11.9 Å². The second-order valence-electron chi connectivity index (χ2n) is 5.73. The van der Waals surface area contributed by atoms with Crippen LogP contribution in [-0.2, 0) is 9.53 Å². The van der Waals surface area contributed by atoms with Gasteiger partial charge in [-0.05, 0) is 25.3 Å². The minimum absolute atomic E-state index is 0.0116. The fourth-order valence-electron chi connectivity index (χ4n) is 3.16. The molecule has 0 bridgehead atoms. The summed E-state index contributed by atoms with van der Waals surface area (Å²) in [5, 5.41) is 3.18. The summed E-state index contributed by atoms with van der Waals surface area (Å²) in [5.74, 6) is 1.54. The number of hydrogen-bond acceptors (Lipinski definition) is 3. The molecule has 4 heteroatoms. The van der Waals surface area contributed by atoms with E-state index in [4.69, 9.17) is 4.74 Å². The Bertz CT molecular complexity index is 273. The Morgan fingerprint density at radius 1 is 1.24 bits per heavy atom. The van der Waals surface area contributed by atoms with Crippen LogP contribution in [0.25, 0.3) is 0 Å². The molecule has 4 nitrogen and oxygen atoms in total. The molecule has 0 aromatic carbocycles. The zero-order valence-electron chi connectivity index (χ0n) is 11.1. The van der Waals surface area contributed by atoms with E-state index in [1.165, 1.54) is 6.42 Å². The minimum Gasteiger partial charge on any atom is -0.379 e. The van der Waals surface area contributed by atoms with Crippen LogP contribution < -0.4 is 5.32 Å². The maximum atomic E-state index is 12.5. The maximum Gasteiger partial charge on any atom is 0.229 e. The first-order valence-electron chi connectivity index (χ1n) is 6.65. The largest absolute Gasteiger partial charge is 0.379 e. The van der Waals surface area contributed by atoms with Crippen LogP contribution in [0.1, 0.15) is 20.3 Å². The number of hydrogen-bond donors (Lipinski definition) is 1. The van der Waals surface area contributed by atoms with Crippen molar-refractivity contribution in [2.24, 2.45) is 17.8 Å². The van der Waals surface area contributed by atoms with Gasteiger partial charge in [0.1, 0.15) is 0 Å². The van der Waals surface area contributed by atoms with Gasteiger partial charge in [0.05, 0.1) is 19.1 Å². The average Bonchev–Trinajstić information content (AvgIpc) is 2.74. The van der Waals surface area contributed by atoms with Gasteiger partial charge in [0.2, 0.25) is 5.91 Å². The standard InChI is InChI=1S/C13H24N2O2/c1-9-4-10(2)6-15(5-9)13(16)11-7-17-8-12(11)14-3/h9-12,14H,4-8H2,1-3H3. The number of nitrogens with zero attached hydrogens (tertiary/aromatic N) is 1. The number of nitrogens with one attached hydrogen (secondary N) is 1. The van der Waals surface area contributed by atoms with Crippen molar-refractivity contribution in [3.05, 3.63) is 0 Å². The molecule has 0 aliphatic carbocycles. The maximum absolute atomic E-state index is 12.5. The molecule has 0 aromatic rings. The quantitative estimate of drug-likeness (QED) is 0.773.